The van der Waals surface area contributed by atoms with Gasteiger partial charge in [0.2, 0.25) is 5.95 Å². The van der Waals surface area contributed by atoms with Crippen molar-refractivity contribution < 1.29 is 24.6 Å². The largest absolute Gasteiger partial charge is 0.481 e. The fourth-order valence-corrected chi connectivity index (χ4v) is 3.37. The number of benzene rings is 1. The lowest BCUT2D eigenvalue weighted by Crippen LogP contribution is -2.41. The molecule has 0 radical (unpaired) electrons. The van der Waals surface area contributed by atoms with Gasteiger partial charge in [-0.15, -0.1) is 0 Å². The van der Waals surface area contributed by atoms with Crippen LogP contribution in [0.2, 0.25) is 0 Å². The highest BCUT2D eigenvalue weighted by molar-refractivity contribution is 5.96. The van der Waals surface area contributed by atoms with E-state index in [9.17, 15) is 19.5 Å². The minimum absolute atomic E-state index is 0.0605. The van der Waals surface area contributed by atoms with Gasteiger partial charge in [-0.2, -0.15) is 4.98 Å². The number of rotatable bonds is 9. The molecule has 3 rings (SSSR count). The maximum Gasteiger partial charge on any atom is 0.326 e. The molecular weight excluding hydrogens is 428 g/mol. The van der Waals surface area contributed by atoms with Crippen molar-refractivity contribution >= 4 is 40.6 Å². The smallest absolute Gasteiger partial charge is 0.326 e. The number of carboxylic acid groups (broad SMARTS) is 2. The van der Waals surface area contributed by atoms with Crippen LogP contribution in [0.3, 0.4) is 0 Å². The molecule has 1 amide bonds. The predicted molar refractivity (Wildman–Crippen MR) is 120 cm³/mol. The number of carbonyl (C=O) groups is 3. The summed E-state index contributed by atoms with van der Waals surface area (Å²) in [6.45, 7) is 2.01. The Labute approximate surface area is 188 Å². The fourth-order valence-electron chi connectivity index (χ4n) is 3.37. The van der Waals surface area contributed by atoms with E-state index in [4.69, 9.17) is 16.6 Å². The summed E-state index contributed by atoms with van der Waals surface area (Å²) in [5, 5.41) is 20.3. The Hall–Kier alpha value is -4.28. The molecule has 2 heterocycles. The van der Waals surface area contributed by atoms with Gasteiger partial charge in [-0.1, -0.05) is 19.1 Å². The number of aromatic nitrogens is 3. The van der Waals surface area contributed by atoms with Crippen LogP contribution in [0.5, 0.6) is 0 Å². The van der Waals surface area contributed by atoms with E-state index >= 15 is 0 Å². The third kappa shape index (κ3) is 5.91. The standard InChI is InChI=1S/C22H24N6O5/c1-11(10-14-6-7-15-18(25-14)19(23)28-22(24)27-15)12-2-4-13(5-3-12)20(31)26-16(21(32)33)8-9-17(29)30/h2-7,11,16H,8-10H2,1H3,(H,26,31)(H,29,30)(H,32,33)(H4,23,24,27,28). The van der Waals surface area contributed by atoms with Gasteiger partial charge in [0.1, 0.15) is 11.6 Å². The molecule has 0 aliphatic heterocycles. The molecule has 1 aromatic carbocycles. The molecule has 0 spiro atoms. The number of nitrogen functional groups attached to an aromatic ring is 2. The van der Waals surface area contributed by atoms with E-state index in [1.165, 1.54) is 0 Å². The van der Waals surface area contributed by atoms with E-state index in [-0.39, 0.29) is 36.1 Å². The van der Waals surface area contributed by atoms with Crippen molar-refractivity contribution in [3.63, 3.8) is 0 Å². The van der Waals surface area contributed by atoms with Gasteiger partial charge in [0, 0.05) is 17.7 Å². The predicted octanol–water partition coefficient (Wildman–Crippen LogP) is 1.58. The second-order valence-corrected chi connectivity index (χ2v) is 7.66. The van der Waals surface area contributed by atoms with Crippen LogP contribution in [0.1, 0.15) is 47.3 Å². The van der Waals surface area contributed by atoms with Crippen LogP contribution in [0.4, 0.5) is 11.8 Å². The van der Waals surface area contributed by atoms with E-state index in [2.05, 4.69) is 20.3 Å². The SMILES string of the molecule is CC(Cc1ccc2nc(N)nc(N)c2n1)c1ccc(C(=O)NC(CCC(=O)O)C(=O)O)cc1. The molecule has 0 aliphatic rings. The lowest BCUT2D eigenvalue weighted by Gasteiger charge is -2.15. The summed E-state index contributed by atoms with van der Waals surface area (Å²) < 4.78 is 0. The zero-order chi connectivity index (χ0) is 24.1. The van der Waals surface area contributed by atoms with Crippen LogP contribution < -0.4 is 16.8 Å². The van der Waals surface area contributed by atoms with E-state index in [0.29, 0.717) is 17.5 Å². The van der Waals surface area contributed by atoms with Crippen molar-refractivity contribution in [3.8, 4) is 0 Å². The molecule has 11 nitrogen and oxygen atoms in total. The van der Waals surface area contributed by atoms with Gasteiger partial charge in [0.25, 0.3) is 5.91 Å². The van der Waals surface area contributed by atoms with Gasteiger partial charge in [-0.3, -0.25) is 9.59 Å². The minimum Gasteiger partial charge on any atom is -0.481 e. The van der Waals surface area contributed by atoms with Crippen molar-refractivity contribution in [3.05, 3.63) is 53.2 Å². The molecule has 3 aromatic rings. The Morgan fingerprint density at radius 2 is 1.70 bits per heavy atom. The third-order valence-corrected chi connectivity index (χ3v) is 5.15. The molecular formula is C22H24N6O5. The van der Waals surface area contributed by atoms with Crippen LogP contribution >= 0.6 is 0 Å². The number of amides is 1. The van der Waals surface area contributed by atoms with Crippen LogP contribution in [-0.4, -0.2) is 49.1 Å². The Balaban J connectivity index is 1.67. The number of aliphatic carboxylic acids is 2. The summed E-state index contributed by atoms with van der Waals surface area (Å²) in [4.78, 5) is 46.9. The Bertz CT molecular complexity index is 1200. The van der Waals surface area contributed by atoms with Crippen LogP contribution in [-0.2, 0) is 16.0 Å². The van der Waals surface area contributed by atoms with E-state index in [0.717, 1.165) is 11.3 Å². The summed E-state index contributed by atoms with van der Waals surface area (Å²) in [6, 6.07) is 9.11. The van der Waals surface area contributed by atoms with Gasteiger partial charge in [0.05, 0.1) is 5.52 Å². The summed E-state index contributed by atoms with van der Waals surface area (Å²) in [5.41, 5.74) is 14.6. The Morgan fingerprint density at radius 1 is 1.00 bits per heavy atom. The van der Waals surface area contributed by atoms with Crippen LogP contribution in [0.15, 0.2) is 36.4 Å². The zero-order valence-electron chi connectivity index (χ0n) is 17.9. The highest BCUT2D eigenvalue weighted by Gasteiger charge is 2.21. The number of hydrogen-bond acceptors (Lipinski definition) is 8. The molecule has 2 aromatic heterocycles. The number of hydrogen-bond donors (Lipinski definition) is 5. The summed E-state index contributed by atoms with van der Waals surface area (Å²) >= 11 is 0. The molecule has 7 N–H and O–H groups in total. The van der Waals surface area contributed by atoms with E-state index in [1.54, 1.807) is 30.3 Å². The van der Waals surface area contributed by atoms with Crippen molar-refractivity contribution in [1.82, 2.24) is 20.3 Å². The van der Waals surface area contributed by atoms with Gasteiger partial charge in [-0.05, 0) is 48.6 Å². The molecule has 0 fully saturated rings. The maximum atomic E-state index is 12.4. The quantitative estimate of drug-likeness (QED) is 0.318. The number of nitrogens with one attached hydrogen (secondary N) is 1. The number of pyridine rings is 1. The lowest BCUT2D eigenvalue weighted by atomic mass is 9.95. The topological polar surface area (TPSA) is 194 Å². The van der Waals surface area contributed by atoms with Crippen LogP contribution in [0.25, 0.3) is 11.0 Å². The molecule has 0 saturated carbocycles. The number of nitrogens with zero attached hydrogens (tertiary/aromatic N) is 3. The number of nitrogens with two attached hydrogens (primary N) is 2. The Kier molecular flexibility index (Phi) is 7.01. The minimum atomic E-state index is -1.29. The van der Waals surface area contributed by atoms with Crippen LogP contribution in [0, 0.1) is 0 Å². The Morgan fingerprint density at radius 3 is 2.33 bits per heavy atom. The first-order valence-electron chi connectivity index (χ1n) is 10.2. The summed E-state index contributed by atoms with van der Waals surface area (Å²) in [7, 11) is 0. The van der Waals surface area contributed by atoms with Gasteiger partial charge in [-0.25, -0.2) is 14.8 Å². The lowest BCUT2D eigenvalue weighted by molar-refractivity contribution is -0.140. The molecule has 11 heteroatoms. The molecule has 2 atom stereocenters. The average molecular weight is 452 g/mol. The average Bonchev–Trinajstić information content (AvgIpc) is 2.76. The number of anilines is 2. The first-order valence-corrected chi connectivity index (χ1v) is 10.2. The second-order valence-electron chi connectivity index (χ2n) is 7.66. The van der Waals surface area contributed by atoms with Crippen molar-refractivity contribution in [2.45, 2.75) is 38.1 Å². The highest BCUT2D eigenvalue weighted by Crippen LogP contribution is 2.23. The van der Waals surface area contributed by atoms with Gasteiger partial charge in [0.15, 0.2) is 5.82 Å². The third-order valence-electron chi connectivity index (χ3n) is 5.15. The van der Waals surface area contributed by atoms with Crippen molar-refractivity contribution in [2.75, 3.05) is 11.5 Å². The fraction of sp³-hybridized carbons (Fsp3) is 0.273. The summed E-state index contributed by atoms with van der Waals surface area (Å²) in [6.07, 6.45) is 0.0374. The van der Waals surface area contributed by atoms with Crippen molar-refractivity contribution in [1.29, 1.82) is 0 Å². The first-order chi connectivity index (χ1) is 15.6. The van der Waals surface area contributed by atoms with E-state index in [1.807, 2.05) is 13.0 Å². The number of carboxylic acids is 2. The molecule has 33 heavy (non-hydrogen) atoms. The van der Waals surface area contributed by atoms with Gasteiger partial charge < -0.3 is 27.0 Å². The van der Waals surface area contributed by atoms with Crippen molar-refractivity contribution in [2.24, 2.45) is 0 Å². The normalized spacial score (nSPS) is 12.8. The second kappa shape index (κ2) is 9.90. The molecule has 0 bridgehead atoms. The molecule has 172 valence electrons. The maximum absolute atomic E-state index is 12.4. The number of carbonyl (C=O) groups excluding carboxylic acids is 1. The first kappa shape index (κ1) is 23.4. The summed E-state index contributed by atoms with van der Waals surface area (Å²) in [5.74, 6) is -2.64. The van der Waals surface area contributed by atoms with Gasteiger partial charge >= 0.3 is 11.9 Å². The monoisotopic (exact) mass is 452 g/mol. The molecule has 2 unspecified atom stereocenters. The zero-order valence-corrected chi connectivity index (χ0v) is 17.9. The highest BCUT2D eigenvalue weighted by atomic mass is 16.4. The van der Waals surface area contributed by atoms with E-state index < -0.39 is 23.9 Å². The molecule has 0 aliphatic carbocycles. The molecule has 0 saturated heterocycles. The number of fused-ring (bicyclic) bond motifs is 1.